The molecule has 4 nitrogen and oxygen atoms in total. The van der Waals surface area contributed by atoms with Gasteiger partial charge >= 0.3 is 0 Å². The van der Waals surface area contributed by atoms with Gasteiger partial charge in [-0.3, -0.25) is 9.59 Å². The number of hydrogen-bond acceptors (Lipinski definition) is 2. The van der Waals surface area contributed by atoms with Gasteiger partial charge in [-0.25, -0.2) is 4.39 Å². The third-order valence-corrected chi connectivity index (χ3v) is 4.05. The third-order valence-electron chi connectivity index (χ3n) is 4.05. The van der Waals surface area contributed by atoms with E-state index in [-0.39, 0.29) is 22.9 Å². The molecule has 0 unspecified atom stereocenters. The first-order valence-electron chi connectivity index (χ1n) is 8.05. The molecule has 0 bridgehead atoms. The largest absolute Gasteiger partial charge is 0.320 e. The fourth-order valence-electron chi connectivity index (χ4n) is 2.39. The number of halogens is 1. The zero-order valence-electron chi connectivity index (χ0n) is 15.2. The summed E-state index contributed by atoms with van der Waals surface area (Å²) in [6.45, 7) is 7.69. The minimum atomic E-state index is -0.487. The van der Waals surface area contributed by atoms with Crippen LogP contribution < -0.4 is 10.2 Å². The van der Waals surface area contributed by atoms with E-state index in [1.165, 1.54) is 30.0 Å². The van der Waals surface area contributed by atoms with E-state index in [1.807, 2.05) is 12.1 Å². The molecule has 0 aromatic heterocycles. The molecule has 132 valence electrons. The van der Waals surface area contributed by atoms with E-state index in [4.69, 9.17) is 0 Å². The Hall–Kier alpha value is -2.69. The molecule has 25 heavy (non-hydrogen) atoms. The Kier molecular flexibility index (Phi) is 5.26. The van der Waals surface area contributed by atoms with Gasteiger partial charge in [-0.2, -0.15) is 0 Å². The maximum atomic E-state index is 13.6. The predicted octanol–water partition coefficient (Wildman–Crippen LogP) is 4.36. The Morgan fingerprint density at radius 1 is 1.04 bits per heavy atom. The molecule has 0 spiro atoms. The van der Waals surface area contributed by atoms with E-state index < -0.39 is 5.82 Å². The first kappa shape index (κ1) is 18.6. The van der Waals surface area contributed by atoms with Crippen LogP contribution in [-0.2, 0) is 10.2 Å². The van der Waals surface area contributed by atoms with Gasteiger partial charge in [-0.05, 0) is 41.3 Å². The molecule has 0 radical (unpaired) electrons. The Labute approximate surface area is 147 Å². The number of rotatable bonds is 3. The lowest BCUT2D eigenvalue weighted by molar-refractivity contribution is -0.116. The summed E-state index contributed by atoms with van der Waals surface area (Å²) < 4.78 is 13.6. The molecule has 2 amide bonds. The van der Waals surface area contributed by atoms with Gasteiger partial charge in [0.05, 0.1) is 11.4 Å². The molecule has 0 saturated heterocycles. The van der Waals surface area contributed by atoms with Crippen molar-refractivity contribution in [1.82, 2.24) is 0 Å². The van der Waals surface area contributed by atoms with E-state index in [0.717, 1.165) is 5.56 Å². The quantitative estimate of drug-likeness (QED) is 0.901. The highest BCUT2D eigenvalue weighted by molar-refractivity contribution is 6.07. The molecule has 0 saturated carbocycles. The monoisotopic (exact) mass is 342 g/mol. The predicted molar refractivity (Wildman–Crippen MR) is 98.6 cm³/mol. The van der Waals surface area contributed by atoms with Crippen LogP contribution in [-0.4, -0.2) is 18.9 Å². The van der Waals surface area contributed by atoms with Crippen molar-refractivity contribution < 1.29 is 14.0 Å². The van der Waals surface area contributed by atoms with E-state index >= 15 is 0 Å². The highest BCUT2D eigenvalue weighted by Gasteiger charge is 2.17. The zero-order valence-corrected chi connectivity index (χ0v) is 15.2. The van der Waals surface area contributed by atoms with Crippen molar-refractivity contribution >= 4 is 23.2 Å². The SMILES string of the molecule is CC(=O)N(C)c1ccc(F)cc1NC(=O)c1ccc(C(C)(C)C)cc1. The minimum Gasteiger partial charge on any atom is -0.320 e. The van der Waals surface area contributed by atoms with Crippen LogP contribution in [0.3, 0.4) is 0 Å². The molecule has 0 heterocycles. The number of nitrogens with one attached hydrogen (secondary N) is 1. The number of benzene rings is 2. The van der Waals surface area contributed by atoms with Crippen LogP contribution in [0.2, 0.25) is 0 Å². The molecular weight excluding hydrogens is 319 g/mol. The number of carbonyl (C=O) groups is 2. The summed E-state index contributed by atoms with van der Waals surface area (Å²) in [6.07, 6.45) is 0. The summed E-state index contributed by atoms with van der Waals surface area (Å²) in [5.41, 5.74) is 2.27. The van der Waals surface area contributed by atoms with E-state index in [9.17, 15) is 14.0 Å². The Morgan fingerprint density at radius 2 is 1.64 bits per heavy atom. The van der Waals surface area contributed by atoms with Crippen molar-refractivity contribution in [3.8, 4) is 0 Å². The van der Waals surface area contributed by atoms with Gasteiger partial charge in [0.25, 0.3) is 5.91 Å². The molecule has 2 aromatic rings. The second-order valence-corrected chi connectivity index (χ2v) is 7.02. The van der Waals surface area contributed by atoms with Gasteiger partial charge in [-0.1, -0.05) is 32.9 Å². The summed E-state index contributed by atoms with van der Waals surface area (Å²) >= 11 is 0. The first-order valence-corrected chi connectivity index (χ1v) is 8.05. The lowest BCUT2D eigenvalue weighted by Gasteiger charge is -2.20. The van der Waals surface area contributed by atoms with Gasteiger partial charge in [0, 0.05) is 19.5 Å². The van der Waals surface area contributed by atoms with Crippen LogP contribution in [0.1, 0.15) is 43.6 Å². The second kappa shape index (κ2) is 7.05. The topological polar surface area (TPSA) is 49.4 Å². The number of hydrogen-bond donors (Lipinski definition) is 1. The van der Waals surface area contributed by atoms with Crippen LogP contribution in [0.5, 0.6) is 0 Å². The fraction of sp³-hybridized carbons (Fsp3) is 0.300. The van der Waals surface area contributed by atoms with Crippen molar-refractivity contribution in [2.75, 3.05) is 17.3 Å². The van der Waals surface area contributed by atoms with Crippen LogP contribution in [0, 0.1) is 5.82 Å². The maximum Gasteiger partial charge on any atom is 0.255 e. The van der Waals surface area contributed by atoms with Crippen LogP contribution in [0.15, 0.2) is 42.5 Å². The van der Waals surface area contributed by atoms with E-state index in [0.29, 0.717) is 11.3 Å². The van der Waals surface area contributed by atoms with Gasteiger partial charge in [0.1, 0.15) is 5.82 Å². The number of nitrogens with zero attached hydrogens (tertiary/aromatic N) is 1. The van der Waals surface area contributed by atoms with Gasteiger partial charge in [-0.15, -0.1) is 0 Å². The molecule has 2 aromatic carbocycles. The van der Waals surface area contributed by atoms with Crippen LogP contribution >= 0.6 is 0 Å². The lowest BCUT2D eigenvalue weighted by atomic mass is 9.87. The van der Waals surface area contributed by atoms with E-state index in [2.05, 4.69) is 26.1 Å². The minimum absolute atomic E-state index is 0.00503. The standard InChI is InChI=1S/C20H23FN2O2/c1-13(24)23(5)18-11-10-16(21)12-17(18)22-19(25)14-6-8-15(9-7-14)20(2,3)4/h6-12H,1-5H3,(H,22,25). The fourth-order valence-corrected chi connectivity index (χ4v) is 2.39. The molecule has 0 aliphatic rings. The smallest absolute Gasteiger partial charge is 0.255 e. The van der Waals surface area contributed by atoms with Crippen LogP contribution in [0.4, 0.5) is 15.8 Å². The average Bonchev–Trinajstić information content (AvgIpc) is 2.53. The van der Waals surface area contributed by atoms with Gasteiger partial charge in [0.15, 0.2) is 0 Å². The first-order chi connectivity index (χ1) is 11.6. The van der Waals surface area contributed by atoms with Crippen molar-refractivity contribution in [2.24, 2.45) is 0 Å². The van der Waals surface area contributed by atoms with Crippen molar-refractivity contribution in [3.63, 3.8) is 0 Å². The summed E-state index contributed by atoms with van der Waals surface area (Å²) in [5, 5.41) is 2.69. The molecule has 0 aliphatic heterocycles. The third kappa shape index (κ3) is 4.44. The van der Waals surface area contributed by atoms with Crippen molar-refractivity contribution in [1.29, 1.82) is 0 Å². The molecule has 1 N–H and O–H groups in total. The van der Waals surface area contributed by atoms with Crippen molar-refractivity contribution in [3.05, 3.63) is 59.4 Å². The Bertz CT molecular complexity index is 792. The van der Waals surface area contributed by atoms with Gasteiger partial charge in [0.2, 0.25) is 5.91 Å². The highest BCUT2D eigenvalue weighted by Crippen LogP contribution is 2.27. The Balaban J connectivity index is 2.28. The van der Waals surface area contributed by atoms with Crippen molar-refractivity contribution in [2.45, 2.75) is 33.1 Å². The number of amides is 2. The highest BCUT2D eigenvalue weighted by atomic mass is 19.1. The second-order valence-electron chi connectivity index (χ2n) is 7.02. The maximum absolute atomic E-state index is 13.6. The van der Waals surface area contributed by atoms with Gasteiger partial charge < -0.3 is 10.2 Å². The molecular formula is C20H23FN2O2. The number of carbonyl (C=O) groups excluding carboxylic acids is 2. The normalized spacial score (nSPS) is 11.1. The lowest BCUT2D eigenvalue weighted by Crippen LogP contribution is -2.25. The van der Waals surface area contributed by atoms with E-state index in [1.54, 1.807) is 19.2 Å². The summed E-state index contributed by atoms with van der Waals surface area (Å²) in [5.74, 6) is -1.06. The summed E-state index contributed by atoms with van der Waals surface area (Å²) in [6, 6.07) is 11.2. The van der Waals surface area contributed by atoms with Crippen LogP contribution in [0.25, 0.3) is 0 Å². The molecule has 5 heteroatoms. The number of anilines is 2. The zero-order chi connectivity index (χ0) is 18.8. The molecule has 2 rings (SSSR count). The molecule has 0 atom stereocenters. The Morgan fingerprint density at radius 3 is 2.16 bits per heavy atom. The summed E-state index contributed by atoms with van der Waals surface area (Å²) in [7, 11) is 1.57. The summed E-state index contributed by atoms with van der Waals surface area (Å²) in [4.78, 5) is 25.4. The molecule has 0 aliphatic carbocycles. The molecule has 0 fully saturated rings. The average molecular weight is 342 g/mol.